The van der Waals surface area contributed by atoms with E-state index in [4.69, 9.17) is 4.36 Å². The standard InChI is InChI=1S/C22H21N3O3S/c1-24-20(18(19(26)15-13-14-15)21(27)25(2)22(24)28)23-29(16-9-5-3-6-10-16)17-11-7-4-8-12-17/h3-12,15H,13-14H2,1-2H3. The molecule has 1 aromatic heterocycles. The maximum Gasteiger partial charge on any atom is 0.332 e. The molecule has 0 unspecified atom stereocenters. The van der Waals surface area contributed by atoms with Gasteiger partial charge < -0.3 is 0 Å². The number of rotatable bonds is 5. The van der Waals surface area contributed by atoms with Gasteiger partial charge in [0.25, 0.3) is 5.56 Å². The van der Waals surface area contributed by atoms with Crippen molar-refractivity contribution < 1.29 is 4.79 Å². The third kappa shape index (κ3) is 3.65. The maximum atomic E-state index is 12.9. The Hall–Kier alpha value is -3.06. The third-order valence-corrected chi connectivity index (χ3v) is 6.73. The van der Waals surface area contributed by atoms with Crippen molar-refractivity contribution in [2.75, 3.05) is 0 Å². The predicted molar refractivity (Wildman–Crippen MR) is 113 cm³/mol. The van der Waals surface area contributed by atoms with E-state index in [2.05, 4.69) is 0 Å². The van der Waals surface area contributed by atoms with Crippen LogP contribution in [0.2, 0.25) is 0 Å². The van der Waals surface area contributed by atoms with Crippen LogP contribution >= 0.6 is 0 Å². The van der Waals surface area contributed by atoms with Crippen LogP contribution in [0.3, 0.4) is 0 Å². The van der Waals surface area contributed by atoms with Crippen LogP contribution in [-0.4, -0.2) is 14.9 Å². The van der Waals surface area contributed by atoms with Gasteiger partial charge in [0, 0.05) is 29.8 Å². The smallest absolute Gasteiger partial charge is 0.294 e. The Labute approximate surface area is 170 Å². The second-order valence-electron chi connectivity index (χ2n) is 7.04. The van der Waals surface area contributed by atoms with Crippen LogP contribution < -0.4 is 11.2 Å². The van der Waals surface area contributed by atoms with Gasteiger partial charge in [-0.3, -0.25) is 18.7 Å². The first kappa shape index (κ1) is 19.3. The van der Waals surface area contributed by atoms with Gasteiger partial charge in [0.2, 0.25) is 0 Å². The Balaban J connectivity index is 2.03. The van der Waals surface area contributed by atoms with Crippen molar-refractivity contribution in [2.45, 2.75) is 22.6 Å². The fourth-order valence-corrected chi connectivity index (χ4v) is 4.83. The molecule has 1 fully saturated rings. The van der Waals surface area contributed by atoms with Crippen molar-refractivity contribution in [2.24, 2.45) is 24.4 Å². The molecule has 29 heavy (non-hydrogen) atoms. The SMILES string of the molecule is Cn1c(N=S(c2ccccc2)c2ccccc2)c(C(=O)C2CC2)c(=O)n(C)c1=O. The largest absolute Gasteiger partial charge is 0.332 e. The maximum absolute atomic E-state index is 12.9. The molecule has 7 heteroatoms. The lowest BCUT2D eigenvalue weighted by molar-refractivity contribution is 0.0965. The quantitative estimate of drug-likeness (QED) is 0.610. The monoisotopic (exact) mass is 407 g/mol. The number of Topliss-reactive ketones (excluding diaryl/α,β-unsaturated/α-hetero) is 1. The Kier molecular flexibility index (Phi) is 5.15. The first-order chi connectivity index (χ1) is 14.0. The zero-order valence-electron chi connectivity index (χ0n) is 16.2. The summed E-state index contributed by atoms with van der Waals surface area (Å²) in [4.78, 5) is 40.3. The highest BCUT2D eigenvalue weighted by molar-refractivity contribution is 7.87. The van der Waals surface area contributed by atoms with Gasteiger partial charge >= 0.3 is 5.69 Å². The van der Waals surface area contributed by atoms with E-state index in [9.17, 15) is 14.4 Å². The van der Waals surface area contributed by atoms with E-state index in [1.165, 1.54) is 11.6 Å². The first-order valence-electron chi connectivity index (χ1n) is 9.39. The number of carbonyl (C=O) groups excluding carboxylic acids is 1. The molecule has 0 bridgehead atoms. The van der Waals surface area contributed by atoms with E-state index in [1.807, 2.05) is 60.7 Å². The summed E-state index contributed by atoms with van der Waals surface area (Å²) in [6, 6.07) is 19.4. The van der Waals surface area contributed by atoms with Gasteiger partial charge in [-0.25, -0.2) is 4.79 Å². The van der Waals surface area contributed by atoms with Crippen molar-refractivity contribution >= 4 is 22.3 Å². The summed E-state index contributed by atoms with van der Waals surface area (Å²) >= 11 is 0. The second kappa shape index (κ2) is 7.75. The van der Waals surface area contributed by atoms with E-state index < -0.39 is 21.9 Å². The van der Waals surface area contributed by atoms with Crippen LogP contribution in [0.15, 0.2) is 84.4 Å². The summed E-state index contributed by atoms with van der Waals surface area (Å²) in [5.74, 6) is -0.208. The average Bonchev–Trinajstić information content (AvgIpc) is 3.60. The van der Waals surface area contributed by atoms with Crippen LogP contribution in [0.25, 0.3) is 0 Å². The molecule has 2 aromatic carbocycles. The van der Waals surface area contributed by atoms with Crippen molar-refractivity contribution in [3.05, 3.63) is 87.1 Å². The highest BCUT2D eigenvalue weighted by Crippen LogP contribution is 2.34. The van der Waals surface area contributed by atoms with Crippen LogP contribution in [0.4, 0.5) is 5.82 Å². The molecule has 0 spiro atoms. The first-order valence-corrected chi connectivity index (χ1v) is 10.6. The molecule has 1 heterocycles. The molecule has 1 saturated carbocycles. The topological polar surface area (TPSA) is 73.4 Å². The Morgan fingerprint density at radius 3 is 1.90 bits per heavy atom. The summed E-state index contributed by atoms with van der Waals surface area (Å²) in [5.41, 5.74) is -1.05. The minimum atomic E-state index is -0.790. The summed E-state index contributed by atoms with van der Waals surface area (Å²) < 4.78 is 7.14. The summed E-state index contributed by atoms with van der Waals surface area (Å²) in [6.45, 7) is 0. The molecule has 6 nitrogen and oxygen atoms in total. The normalized spacial score (nSPS) is 13.5. The predicted octanol–water partition coefficient (Wildman–Crippen LogP) is 3.23. The summed E-state index contributed by atoms with van der Waals surface area (Å²) in [5, 5.41) is 0. The Morgan fingerprint density at radius 2 is 1.41 bits per heavy atom. The van der Waals surface area contributed by atoms with E-state index in [0.717, 1.165) is 27.2 Å². The molecule has 0 aliphatic heterocycles. The highest BCUT2D eigenvalue weighted by atomic mass is 32.2. The zero-order valence-corrected chi connectivity index (χ0v) is 17.1. The molecule has 0 radical (unpaired) electrons. The number of aromatic nitrogens is 2. The molecule has 0 amide bonds. The second-order valence-corrected chi connectivity index (χ2v) is 8.74. The highest BCUT2D eigenvalue weighted by Gasteiger charge is 2.35. The van der Waals surface area contributed by atoms with Gasteiger partial charge in [0.1, 0.15) is 5.56 Å². The van der Waals surface area contributed by atoms with Crippen molar-refractivity contribution in [3.63, 3.8) is 0 Å². The number of nitrogens with zero attached hydrogens (tertiary/aromatic N) is 3. The molecule has 3 aromatic rings. The summed E-state index contributed by atoms with van der Waals surface area (Å²) in [7, 11) is 2.16. The molecule has 0 N–H and O–H groups in total. The van der Waals surface area contributed by atoms with Gasteiger partial charge in [-0.1, -0.05) is 36.4 Å². The fraction of sp³-hybridized carbons (Fsp3) is 0.227. The van der Waals surface area contributed by atoms with Crippen LogP contribution in [0, 0.1) is 5.92 Å². The molecule has 1 aliphatic rings. The van der Waals surface area contributed by atoms with Gasteiger partial charge in [0.15, 0.2) is 11.6 Å². The molecular formula is C22H21N3O3S. The lowest BCUT2D eigenvalue weighted by Crippen LogP contribution is -2.40. The van der Waals surface area contributed by atoms with E-state index in [0.29, 0.717) is 0 Å². The van der Waals surface area contributed by atoms with E-state index >= 15 is 0 Å². The van der Waals surface area contributed by atoms with Crippen molar-refractivity contribution in [1.29, 1.82) is 0 Å². The number of hydrogen-bond acceptors (Lipinski definition) is 4. The van der Waals surface area contributed by atoms with E-state index in [-0.39, 0.29) is 23.1 Å². The Bertz CT molecular complexity index is 1180. The third-order valence-electron chi connectivity index (χ3n) is 4.94. The van der Waals surface area contributed by atoms with Crippen molar-refractivity contribution in [1.82, 2.24) is 9.13 Å². The molecule has 148 valence electrons. The minimum Gasteiger partial charge on any atom is -0.294 e. The van der Waals surface area contributed by atoms with Gasteiger partial charge in [0.05, 0.1) is 0 Å². The fourth-order valence-electron chi connectivity index (χ4n) is 3.13. The van der Waals surface area contributed by atoms with Crippen molar-refractivity contribution in [3.8, 4) is 0 Å². The minimum absolute atomic E-state index is 0.0152. The number of ketones is 1. The van der Waals surface area contributed by atoms with Gasteiger partial charge in [-0.2, -0.15) is 4.36 Å². The van der Waals surface area contributed by atoms with Gasteiger partial charge in [-0.05, 0) is 47.8 Å². The van der Waals surface area contributed by atoms with E-state index in [1.54, 1.807) is 7.05 Å². The number of benzene rings is 2. The molecule has 0 saturated heterocycles. The summed E-state index contributed by atoms with van der Waals surface area (Å²) in [6.07, 6.45) is 1.54. The number of carbonyl (C=O) groups is 1. The van der Waals surface area contributed by atoms with Gasteiger partial charge in [-0.15, -0.1) is 0 Å². The van der Waals surface area contributed by atoms with Crippen LogP contribution in [0.1, 0.15) is 23.2 Å². The molecular weight excluding hydrogens is 386 g/mol. The number of hydrogen-bond donors (Lipinski definition) is 0. The van der Waals surface area contributed by atoms with Crippen LogP contribution in [0.5, 0.6) is 0 Å². The Morgan fingerprint density at radius 1 is 0.897 bits per heavy atom. The molecule has 0 atom stereocenters. The average molecular weight is 407 g/mol. The molecule has 4 rings (SSSR count). The lowest BCUT2D eigenvalue weighted by atomic mass is 10.1. The van der Waals surface area contributed by atoms with Crippen LogP contribution in [-0.2, 0) is 24.8 Å². The zero-order chi connectivity index (χ0) is 20.5. The molecule has 1 aliphatic carbocycles. The lowest BCUT2D eigenvalue weighted by Gasteiger charge is -2.14.